The van der Waals surface area contributed by atoms with Crippen LogP contribution in [0.3, 0.4) is 0 Å². The Kier molecular flexibility index (Phi) is 5.78. The maximum Gasteiger partial charge on any atom is 0.306 e. The summed E-state index contributed by atoms with van der Waals surface area (Å²) < 4.78 is 39.6. The first-order valence-corrected chi connectivity index (χ1v) is 9.14. The third kappa shape index (κ3) is 4.63. The largest absolute Gasteiger partial charge is 0.459 e. The second-order valence-corrected chi connectivity index (χ2v) is 7.88. The van der Waals surface area contributed by atoms with E-state index < -0.39 is 22.1 Å². The van der Waals surface area contributed by atoms with Crippen molar-refractivity contribution in [2.75, 3.05) is 33.1 Å². The van der Waals surface area contributed by atoms with Crippen LogP contribution in [0.2, 0.25) is 0 Å². The summed E-state index contributed by atoms with van der Waals surface area (Å²) in [7, 11) is -1.96. The van der Waals surface area contributed by atoms with Crippen molar-refractivity contribution in [3.8, 4) is 0 Å². The first-order chi connectivity index (χ1) is 10.3. The van der Waals surface area contributed by atoms with Crippen LogP contribution >= 0.6 is 0 Å². The third-order valence-electron chi connectivity index (χ3n) is 3.98. The molecule has 0 radical (unpaired) electrons. The summed E-state index contributed by atoms with van der Waals surface area (Å²) in [5.41, 5.74) is 0. The van der Waals surface area contributed by atoms with Gasteiger partial charge >= 0.3 is 5.97 Å². The molecule has 0 aromatic rings. The van der Waals surface area contributed by atoms with Gasteiger partial charge in [-0.3, -0.25) is 4.79 Å². The van der Waals surface area contributed by atoms with Crippen molar-refractivity contribution in [3.63, 3.8) is 0 Å². The van der Waals surface area contributed by atoms with E-state index in [0.717, 1.165) is 17.0 Å². The van der Waals surface area contributed by atoms with Gasteiger partial charge < -0.3 is 19.3 Å². The molecule has 2 aliphatic heterocycles. The Morgan fingerprint density at radius 2 is 2.18 bits per heavy atom. The summed E-state index contributed by atoms with van der Waals surface area (Å²) in [5.74, 6) is -0.326. The van der Waals surface area contributed by atoms with Gasteiger partial charge in [0.05, 0.1) is 31.5 Å². The van der Waals surface area contributed by atoms with E-state index in [1.54, 1.807) is 0 Å². The fourth-order valence-corrected chi connectivity index (χ4v) is 3.03. The van der Waals surface area contributed by atoms with E-state index in [-0.39, 0.29) is 37.7 Å². The molecule has 0 amide bonds. The molecular weight excluding hydrogens is 314 g/mol. The predicted octanol–water partition coefficient (Wildman–Crippen LogP) is -0.676. The van der Waals surface area contributed by atoms with Crippen LogP contribution in [-0.4, -0.2) is 75.4 Å². The maximum absolute atomic E-state index is 11.8. The normalized spacial score (nSPS) is 29.5. The molecule has 2 heterocycles. The number of fused-ring (bicyclic) bond motifs is 1. The lowest BCUT2D eigenvalue weighted by atomic mass is 10.0. The highest BCUT2D eigenvalue weighted by Gasteiger charge is 2.43. The van der Waals surface area contributed by atoms with Gasteiger partial charge in [0.15, 0.2) is 6.29 Å². The van der Waals surface area contributed by atoms with E-state index in [0.29, 0.717) is 13.2 Å². The van der Waals surface area contributed by atoms with Crippen molar-refractivity contribution in [1.29, 1.82) is 0 Å². The van der Waals surface area contributed by atoms with Gasteiger partial charge in [0, 0.05) is 20.0 Å². The molecule has 0 aliphatic carbocycles. The lowest BCUT2D eigenvalue weighted by Crippen LogP contribution is -2.34. The van der Waals surface area contributed by atoms with Crippen molar-refractivity contribution in [1.82, 2.24) is 4.31 Å². The Bertz CT molecular complexity index is 495. The number of rotatable bonds is 7. The highest BCUT2D eigenvalue weighted by atomic mass is 32.2. The summed E-state index contributed by atoms with van der Waals surface area (Å²) in [5, 5.41) is 9.78. The number of nitrogens with zero attached hydrogens (tertiary/aromatic N) is 1. The Hall–Kier alpha value is -0.740. The highest BCUT2D eigenvalue weighted by Crippen LogP contribution is 2.33. The second kappa shape index (κ2) is 7.22. The lowest BCUT2D eigenvalue weighted by Gasteiger charge is -2.19. The molecule has 2 fully saturated rings. The van der Waals surface area contributed by atoms with E-state index >= 15 is 0 Å². The summed E-state index contributed by atoms with van der Waals surface area (Å²) in [6.45, 7) is 0.900. The van der Waals surface area contributed by atoms with Crippen LogP contribution in [0, 0.1) is 5.92 Å². The number of carbonyl (C=O) groups is 1. The highest BCUT2D eigenvalue weighted by molar-refractivity contribution is 7.88. The maximum atomic E-state index is 11.8. The van der Waals surface area contributed by atoms with Gasteiger partial charge in [-0.15, -0.1) is 0 Å². The number of sulfonamides is 1. The van der Waals surface area contributed by atoms with Gasteiger partial charge in [-0.25, -0.2) is 12.7 Å². The summed E-state index contributed by atoms with van der Waals surface area (Å²) >= 11 is 0. The van der Waals surface area contributed by atoms with Crippen LogP contribution in [0.25, 0.3) is 0 Å². The topological polar surface area (TPSA) is 102 Å². The lowest BCUT2D eigenvalue weighted by molar-refractivity contribution is -0.151. The number of hydrogen-bond acceptors (Lipinski definition) is 7. The summed E-state index contributed by atoms with van der Waals surface area (Å²) in [6, 6.07) is 0. The number of likely N-dealkylation sites (N-methyl/N-ethyl adjacent to an activating group) is 1. The average molecular weight is 337 g/mol. The van der Waals surface area contributed by atoms with Crippen molar-refractivity contribution < 1.29 is 32.5 Å². The fourth-order valence-electron chi connectivity index (χ4n) is 2.58. The molecule has 1 N–H and O–H groups in total. The first-order valence-electron chi connectivity index (χ1n) is 7.29. The molecule has 2 aliphatic rings. The molecule has 128 valence electrons. The molecule has 0 spiro atoms. The third-order valence-corrected chi connectivity index (χ3v) is 5.27. The van der Waals surface area contributed by atoms with Gasteiger partial charge in [0.25, 0.3) is 0 Å². The molecule has 4 atom stereocenters. The molecule has 0 aromatic carbocycles. The predicted molar refractivity (Wildman–Crippen MR) is 76.4 cm³/mol. The van der Waals surface area contributed by atoms with Crippen molar-refractivity contribution >= 4 is 16.0 Å². The van der Waals surface area contributed by atoms with E-state index in [4.69, 9.17) is 14.2 Å². The fraction of sp³-hybridized carbons (Fsp3) is 0.923. The van der Waals surface area contributed by atoms with Crippen LogP contribution < -0.4 is 0 Å². The zero-order valence-electron chi connectivity index (χ0n) is 12.8. The quantitative estimate of drug-likeness (QED) is 0.614. The molecule has 3 unspecified atom stereocenters. The van der Waals surface area contributed by atoms with Gasteiger partial charge in [0.2, 0.25) is 10.0 Å². The molecule has 8 nitrogen and oxygen atoms in total. The molecule has 2 saturated heterocycles. The Morgan fingerprint density at radius 3 is 2.86 bits per heavy atom. The molecule has 22 heavy (non-hydrogen) atoms. The Morgan fingerprint density at radius 1 is 1.45 bits per heavy atom. The standard InChI is InChI=1S/C13H23NO7S/c1-14(22(2,17)18)7-9(15)3-4-12(16)21-11-8-20-13-10(11)5-6-19-13/h9-11,13,15H,3-8H2,1-2H3/t9-,10?,11?,13?/m0/s1. The van der Waals surface area contributed by atoms with Gasteiger partial charge in [0.1, 0.15) is 6.10 Å². The minimum Gasteiger partial charge on any atom is -0.459 e. The second-order valence-electron chi connectivity index (χ2n) is 5.79. The molecule has 0 aromatic heterocycles. The van der Waals surface area contributed by atoms with E-state index in [9.17, 15) is 18.3 Å². The summed E-state index contributed by atoms with van der Waals surface area (Å²) in [6.07, 6.45) is 0.584. The van der Waals surface area contributed by atoms with Gasteiger partial charge in [-0.1, -0.05) is 0 Å². The van der Waals surface area contributed by atoms with Crippen LogP contribution in [-0.2, 0) is 29.0 Å². The number of esters is 1. The SMILES string of the molecule is CN(C[C@@H](O)CCC(=O)OC1COC2OCCC12)S(C)(=O)=O. The van der Waals surface area contributed by atoms with Crippen LogP contribution in [0.15, 0.2) is 0 Å². The van der Waals surface area contributed by atoms with Crippen molar-refractivity contribution in [2.45, 2.75) is 37.8 Å². The number of ether oxygens (including phenoxy) is 3. The van der Waals surface area contributed by atoms with E-state index in [1.165, 1.54) is 7.05 Å². The van der Waals surface area contributed by atoms with Crippen molar-refractivity contribution in [3.05, 3.63) is 0 Å². The first kappa shape index (κ1) is 17.6. The average Bonchev–Trinajstić information content (AvgIpc) is 3.00. The Balaban J connectivity index is 1.69. The molecule has 0 bridgehead atoms. The molecule has 9 heteroatoms. The van der Waals surface area contributed by atoms with Crippen LogP contribution in [0.4, 0.5) is 0 Å². The van der Waals surface area contributed by atoms with E-state index in [2.05, 4.69) is 0 Å². The zero-order chi connectivity index (χ0) is 16.3. The zero-order valence-corrected chi connectivity index (χ0v) is 13.6. The monoisotopic (exact) mass is 337 g/mol. The Labute approximate surface area is 130 Å². The number of aliphatic hydroxyl groups is 1. The number of carbonyl (C=O) groups excluding carboxylic acids is 1. The van der Waals surface area contributed by atoms with Crippen LogP contribution in [0.5, 0.6) is 0 Å². The van der Waals surface area contributed by atoms with Gasteiger partial charge in [-0.05, 0) is 12.8 Å². The molecule has 2 rings (SSSR count). The summed E-state index contributed by atoms with van der Waals surface area (Å²) in [4.78, 5) is 11.8. The molecule has 0 saturated carbocycles. The van der Waals surface area contributed by atoms with Crippen molar-refractivity contribution in [2.24, 2.45) is 5.92 Å². The number of aliphatic hydroxyl groups excluding tert-OH is 1. The smallest absolute Gasteiger partial charge is 0.306 e. The number of hydrogen-bond donors (Lipinski definition) is 1. The minimum atomic E-state index is -3.34. The minimum absolute atomic E-state index is 0.0352. The van der Waals surface area contributed by atoms with E-state index in [1.807, 2.05) is 0 Å². The van der Waals surface area contributed by atoms with Gasteiger partial charge in [-0.2, -0.15) is 0 Å². The molecular formula is C13H23NO7S. The van der Waals surface area contributed by atoms with Crippen LogP contribution in [0.1, 0.15) is 19.3 Å².